The Hall–Kier alpha value is -0.120. The van der Waals surface area contributed by atoms with Crippen LogP contribution < -0.4 is 5.32 Å². The Morgan fingerprint density at radius 2 is 2.13 bits per heavy atom. The van der Waals surface area contributed by atoms with Crippen molar-refractivity contribution in [2.45, 2.75) is 63.2 Å². The van der Waals surface area contributed by atoms with E-state index >= 15 is 0 Å². The SMILES string of the molecule is CC1(C)CC(NCC2(O)CCC2)CCO1. The van der Waals surface area contributed by atoms with Gasteiger partial charge in [-0.15, -0.1) is 0 Å². The first kappa shape index (κ1) is 11.4. The summed E-state index contributed by atoms with van der Waals surface area (Å²) in [6.45, 7) is 5.87. The van der Waals surface area contributed by atoms with Gasteiger partial charge in [-0.25, -0.2) is 0 Å². The molecule has 3 heteroatoms. The zero-order valence-electron chi connectivity index (χ0n) is 9.88. The summed E-state index contributed by atoms with van der Waals surface area (Å²) in [4.78, 5) is 0. The lowest BCUT2D eigenvalue weighted by Crippen LogP contribution is -2.52. The number of nitrogens with one attached hydrogen (secondary N) is 1. The van der Waals surface area contributed by atoms with Gasteiger partial charge in [0.25, 0.3) is 0 Å². The lowest BCUT2D eigenvalue weighted by Gasteiger charge is -2.41. The second-order valence-electron chi connectivity index (χ2n) is 5.76. The highest BCUT2D eigenvalue weighted by Gasteiger charge is 2.36. The third-order valence-electron chi connectivity index (χ3n) is 3.70. The zero-order valence-corrected chi connectivity index (χ0v) is 9.88. The molecule has 0 aromatic carbocycles. The fraction of sp³-hybridized carbons (Fsp3) is 1.00. The summed E-state index contributed by atoms with van der Waals surface area (Å²) in [5.74, 6) is 0. The molecule has 3 nitrogen and oxygen atoms in total. The van der Waals surface area contributed by atoms with Crippen molar-refractivity contribution in [3.63, 3.8) is 0 Å². The maximum absolute atomic E-state index is 9.98. The number of rotatable bonds is 3. The summed E-state index contributed by atoms with van der Waals surface area (Å²) in [6, 6.07) is 0.512. The second-order valence-corrected chi connectivity index (χ2v) is 5.76. The van der Waals surface area contributed by atoms with Crippen LogP contribution >= 0.6 is 0 Å². The molecular formula is C12H23NO2. The standard InChI is InChI=1S/C12H23NO2/c1-11(2)8-10(4-7-15-11)13-9-12(14)5-3-6-12/h10,13-14H,3-9H2,1-2H3. The van der Waals surface area contributed by atoms with E-state index in [1.807, 2.05) is 0 Å². The normalized spacial score (nSPS) is 33.4. The molecule has 0 aromatic heterocycles. The van der Waals surface area contributed by atoms with Gasteiger partial charge >= 0.3 is 0 Å². The van der Waals surface area contributed by atoms with Crippen LogP contribution in [-0.2, 0) is 4.74 Å². The van der Waals surface area contributed by atoms with E-state index in [0.29, 0.717) is 6.04 Å². The van der Waals surface area contributed by atoms with E-state index in [9.17, 15) is 5.11 Å². The van der Waals surface area contributed by atoms with Crippen LogP contribution in [-0.4, -0.2) is 35.5 Å². The molecule has 1 unspecified atom stereocenters. The van der Waals surface area contributed by atoms with Gasteiger partial charge in [0.15, 0.2) is 0 Å². The van der Waals surface area contributed by atoms with Crippen LogP contribution in [0.2, 0.25) is 0 Å². The Labute approximate surface area is 92.2 Å². The van der Waals surface area contributed by atoms with Crippen molar-refractivity contribution in [3.8, 4) is 0 Å². The van der Waals surface area contributed by atoms with Gasteiger partial charge in [-0.05, 0) is 46.0 Å². The van der Waals surface area contributed by atoms with Gasteiger partial charge in [-0.2, -0.15) is 0 Å². The molecule has 0 spiro atoms. The van der Waals surface area contributed by atoms with Crippen LogP contribution in [0.15, 0.2) is 0 Å². The molecule has 2 fully saturated rings. The van der Waals surface area contributed by atoms with E-state index in [1.165, 1.54) is 6.42 Å². The lowest BCUT2D eigenvalue weighted by atomic mass is 9.80. The van der Waals surface area contributed by atoms with E-state index in [-0.39, 0.29) is 5.60 Å². The van der Waals surface area contributed by atoms with E-state index in [2.05, 4.69) is 19.2 Å². The minimum absolute atomic E-state index is 0.00184. The van der Waals surface area contributed by atoms with Gasteiger partial charge in [0.05, 0.1) is 11.2 Å². The summed E-state index contributed by atoms with van der Waals surface area (Å²) in [5, 5.41) is 13.5. The van der Waals surface area contributed by atoms with Crippen molar-refractivity contribution in [3.05, 3.63) is 0 Å². The molecule has 1 aliphatic heterocycles. The number of hydrogen-bond donors (Lipinski definition) is 2. The van der Waals surface area contributed by atoms with Crippen molar-refractivity contribution < 1.29 is 9.84 Å². The minimum Gasteiger partial charge on any atom is -0.389 e. The maximum Gasteiger partial charge on any atom is 0.0771 e. The molecule has 0 amide bonds. The minimum atomic E-state index is -0.400. The van der Waals surface area contributed by atoms with Gasteiger partial charge in [-0.3, -0.25) is 0 Å². The predicted octanol–water partition coefficient (Wildman–Crippen LogP) is 1.45. The molecular weight excluding hydrogens is 190 g/mol. The Morgan fingerprint density at radius 3 is 2.67 bits per heavy atom. The van der Waals surface area contributed by atoms with Gasteiger partial charge in [0.2, 0.25) is 0 Å². The molecule has 1 saturated carbocycles. The molecule has 1 atom stereocenters. The van der Waals surface area contributed by atoms with Crippen LogP contribution in [0.4, 0.5) is 0 Å². The van der Waals surface area contributed by atoms with Crippen molar-refractivity contribution in [2.75, 3.05) is 13.2 Å². The van der Waals surface area contributed by atoms with Crippen LogP contribution in [0.3, 0.4) is 0 Å². The van der Waals surface area contributed by atoms with Crippen LogP contribution in [0.1, 0.15) is 46.0 Å². The first-order valence-corrected chi connectivity index (χ1v) is 6.09. The molecule has 1 heterocycles. The topological polar surface area (TPSA) is 41.5 Å². The second kappa shape index (κ2) is 4.04. The summed E-state index contributed by atoms with van der Waals surface area (Å²) in [7, 11) is 0. The molecule has 2 N–H and O–H groups in total. The Kier molecular flexibility index (Phi) is 3.06. The van der Waals surface area contributed by atoms with E-state index in [0.717, 1.165) is 38.8 Å². The monoisotopic (exact) mass is 213 g/mol. The Balaban J connectivity index is 1.74. The van der Waals surface area contributed by atoms with Crippen molar-refractivity contribution >= 4 is 0 Å². The quantitative estimate of drug-likeness (QED) is 0.745. The van der Waals surface area contributed by atoms with Gasteiger partial charge in [0, 0.05) is 19.2 Å². The van der Waals surface area contributed by atoms with Gasteiger partial charge < -0.3 is 15.2 Å². The van der Waals surface area contributed by atoms with E-state index < -0.39 is 5.60 Å². The van der Waals surface area contributed by atoms with Crippen molar-refractivity contribution in [1.82, 2.24) is 5.32 Å². The summed E-state index contributed by atoms with van der Waals surface area (Å²) < 4.78 is 5.67. The lowest BCUT2D eigenvalue weighted by molar-refractivity contribution is -0.0725. The summed E-state index contributed by atoms with van der Waals surface area (Å²) in [6.07, 6.45) is 5.22. The molecule has 0 radical (unpaired) electrons. The Bertz CT molecular complexity index is 224. The average Bonchev–Trinajstić information content (AvgIpc) is 2.10. The van der Waals surface area contributed by atoms with Crippen LogP contribution in [0, 0.1) is 0 Å². The summed E-state index contributed by atoms with van der Waals surface area (Å²) >= 11 is 0. The fourth-order valence-electron chi connectivity index (χ4n) is 2.50. The summed E-state index contributed by atoms with van der Waals surface area (Å²) in [5.41, 5.74) is -0.402. The molecule has 0 bridgehead atoms. The van der Waals surface area contributed by atoms with Crippen LogP contribution in [0.5, 0.6) is 0 Å². The Morgan fingerprint density at radius 1 is 1.40 bits per heavy atom. The first-order chi connectivity index (χ1) is 6.99. The zero-order chi connectivity index (χ0) is 10.9. The largest absolute Gasteiger partial charge is 0.389 e. The van der Waals surface area contributed by atoms with Crippen molar-refractivity contribution in [2.24, 2.45) is 0 Å². The van der Waals surface area contributed by atoms with E-state index in [1.54, 1.807) is 0 Å². The molecule has 0 aromatic rings. The first-order valence-electron chi connectivity index (χ1n) is 6.09. The molecule has 88 valence electrons. The molecule has 1 saturated heterocycles. The van der Waals surface area contributed by atoms with Crippen LogP contribution in [0.25, 0.3) is 0 Å². The highest BCUT2D eigenvalue weighted by molar-refractivity contribution is 4.92. The van der Waals surface area contributed by atoms with Crippen molar-refractivity contribution in [1.29, 1.82) is 0 Å². The van der Waals surface area contributed by atoms with Gasteiger partial charge in [0.1, 0.15) is 0 Å². The van der Waals surface area contributed by atoms with Gasteiger partial charge in [-0.1, -0.05) is 0 Å². The third kappa shape index (κ3) is 2.92. The molecule has 1 aliphatic carbocycles. The predicted molar refractivity (Wildman–Crippen MR) is 59.9 cm³/mol. The molecule has 2 rings (SSSR count). The molecule has 2 aliphatic rings. The number of hydrogen-bond acceptors (Lipinski definition) is 3. The molecule has 15 heavy (non-hydrogen) atoms. The smallest absolute Gasteiger partial charge is 0.0771 e. The average molecular weight is 213 g/mol. The number of ether oxygens (including phenoxy) is 1. The number of aliphatic hydroxyl groups is 1. The highest BCUT2D eigenvalue weighted by Crippen LogP contribution is 2.31. The van der Waals surface area contributed by atoms with E-state index in [4.69, 9.17) is 4.74 Å². The highest BCUT2D eigenvalue weighted by atomic mass is 16.5. The fourth-order valence-corrected chi connectivity index (χ4v) is 2.50. The maximum atomic E-state index is 9.98. The third-order valence-corrected chi connectivity index (χ3v) is 3.70.